The molecular formula is C17H17FN4O4. The van der Waals surface area contributed by atoms with Gasteiger partial charge in [0.05, 0.1) is 12.3 Å². The van der Waals surface area contributed by atoms with E-state index in [1.54, 1.807) is 12.3 Å². The van der Waals surface area contributed by atoms with Gasteiger partial charge in [0.15, 0.2) is 6.10 Å². The molecule has 1 aliphatic rings. The average Bonchev–Trinajstić information content (AvgIpc) is 3.07. The maximum atomic E-state index is 13.0. The van der Waals surface area contributed by atoms with Gasteiger partial charge in [0.1, 0.15) is 18.1 Å². The summed E-state index contributed by atoms with van der Waals surface area (Å²) in [6, 6.07) is 4.67. The Morgan fingerprint density at radius 3 is 3.00 bits per heavy atom. The lowest BCUT2D eigenvalue weighted by Crippen LogP contribution is -2.28. The predicted molar refractivity (Wildman–Crippen MR) is 90.6 cm³/mol. The van der Waals surface area contributed by atoms with Crippen molar-refractivity contribution in [1.29, 1.82) is 0 Å². The molecular weight excluding hydrogens is 343 g/mol. The van der Waals surface area contributed by atoms with Crippen molar-refractivity contribution in [2.45, 2.75) is 19.4 Å². The second-order valence-corrected chi connectivity index (χ2v) is 5.79. The van der Waals surface area contributed by atoms with Crippen molar-refractivity contribution in [2.24, 2.45) is 5.16 Å². The second kappa shape index (κ2) is 7.77. The lowest BCUT2D eigenvalue weighted by atomic mass is 10.1. The minimum Gasteiger partial charge on any atom is -0.487 e. The topological polar surface area (TPSA) is 106 Å². The van der Waals surface area contributed by atoms with E-state index in [0.717, 1.165) is 5.56 Å². The third kappa shape index (κ3) is 4.44. The number of nitrogens with zero attached hydrogens (tertiary/aromatic N) is 3. The molecule has 9 heteroatoms. The van der Waals surface area contributed by atoms with Crippen LogP contribution in [0, 0.1) is 12.9 Å². The molecule has 0 saturated carbocycles. The van der Waals surface area contributed by atoms with Gasteiger partial charge in [-0.05, 0) is 30.7 Å². The molecule has 0 bridgehead atoms. The number of carboxylic acid groups (broad SMARTS) is 1. The van der Waals surface area contributed by atoms with E-state index in [0.29, 0.717) is 29.1 Å². The van der Waals surface area contributed by atoms with Crippen LogP contribution in [0.4, 0.5) is 9.18 Å². The monoisotopic (exact) mass is 360 g/mol. The predicted octanol–water partition coefficient (Wildman–Crippen LogP) is 2.38. The van der Waals surface area contributed by atoms with Crippen molar-refractivity contribution in [2.75, 3.05) is 13.2 Å². The highest BCUT2D eigenvalue weighted by Gasteiger charge is 2.23. The fourth-order valence-electron chi connectivity index (χ4n) is 2.43. The minimum atomic E-state index is -1.12. The van der Waals surface area contributed by atoms with Gasteiger partial charge in [-0.3, -0.25) is 4.98 Å². The van der Waals surface area contributed by atoms with Crippen LogP contribution in [0.5, 0.6) is 5.75 Å². The number of hydrogen-bond acceptors (Lipinski definition) is 6. The van der Waals surface area contributed by atoms with Gasteiger partial charge in [-0.2, -0.15) is 4.39 Å². The maximum Gasteiger partial charge on any atom is 0.404 e. The maximum absolute atomic E-state index is 13.0. The summed E-state index contributed by atoms with van der Waals surface area (Å²) in [4.78, 5) is 23.8. The van der Waals surface area contributed by atoms with Crippen molar-refractivity contribution in [1.82, 2.24) is 15.3 Å². The molecule has 1 amide bonds. The Labute approximate surface area is 148 Å². The molecule has 2 aromatic rings. The van der Waals surface area contributed by atoms with E-state index < -0.39 is 12.0 Å². The number of amides is 1. The summed E-state index contributed by atoms with van der Waals surface area (Å²) < 4.78 is 18.9. The zero-order chi connectivity index (χ0) is 18.5. The molecule has 0 aromatic carbocycles. The smallest absolute Gasteiger partial charge is 0.404 e. The van der Waals surface area contributed by atoms with E-state index in [1.807, 2.05) is 13.0 Å². The zero-order valence-corrected chi connectivity index (χ0v) is 14.0. The number of nitrogens with one attached hydrogen (secondary N) is 1. The van der Waals surface area contributed by atoms with Crippen LogP contribution in [0.1, 0.15) is 12.0 Å². The van der Waals surface area contributed by atoms with Crippen molar-refractivity contribution in [3.05, 3.63) is 42.1 Å². The minimum absolute atomic E-state index is 0.115. The van der Waals surface area contributed by atoms with Crippen LogP contribution in [0.2, 0.25) is 0 Å². The molecule has 0 saturated heterocycles. The van der Waals surface area contributed by atoms with Crippen molar-refractivity contribution < 1.29 is 23.9 Å². The molecule has 0 aliphatic carbocycles. The number of aryl methyl sites for hydroxylation is 1. The lowest BCUT2D eigenvalue weighted by Gasteiger charge is -2.14. The largest absolute Gasteiger partial charge is 0.487 e. The fourth-order valence-corrected chi connectivity index (χ4v) is 2.43. The third-order valence-corrected chi connectivity index (χ3v) is 3.65. The molecule has 0 radical (unpaired) electrons. The Morgan fingerprint density at radius 2 is 2.27 bits per heavy atom. The molecule has 3 heterocycles. The van der Waals surface area contributed by atoms with Gasteiger partial charge >= 0.3 is 6.09 Å². The zero-order valence-electron chi connectivity index (χ0n) is 14.0. The van der Waals surface area contributed by atoms with Gasteiger partial charge in [-0.25, -0.2) is 9.78 Å². The third-order valence-electron chi connectivity index (χ3n) is 3.65. The van der Waals surface area contributed by atoms with Crippen molar-refractivity contribution in [3.8, 4) is 17.0 Å². The summed E-state index contributed by atoms with van der Waals surface area (Å²) in [5.41, 5.74) is 2.70. The first-order chi connectivity index (χ1) is 12.5. The van der Waals surface area contributed by atoms with E-state index in [1.165, 1.54) is 12.3 Å². The summed E-state index contributed by atoms with van der Waals surface area (Å²) in [5, 5.41) is 14.7. The molecule has 0 spiro atoms. The van der Waals surface area contributed by atoms with Gasteiger partial charge in [-0.1, -0.05) is 5.16 Å². The standard InChI is InChI=1S/C17H17FN4O4/c1-10-4-14(16(20-6-10)11-2-3-15(18)19-7-11)25-9-13-5-12(22-26-13)8-21-17(23)24/h2-4,6-7,13,21H,5,8-9H2,1H3,(H,23,24). The number of halogens is 1. The Balaban J connectivity index is 1.64. The van der Waals surface area contributed by atoms with E-state index in [-0.39, 0.29) is 19.3 Å². The Bertz CT molecular complexity index is 826. The summed E-state index contributed by atoms with van der Waals surface area (Å²) >= 11 is 0. The van der Waals surface area contributed by atoms with Crippen molar-refractivity contribution in [3.63, 3.8) is 0 Å². The molecule has 2 N–H and O–H groups in total. The number of rotatable bonds is 6. The summed E-state index contributed by atoms with van der Waals surface area (Å²) in [6.07, 6.45) is 2.12. The van der Waals surface area contributed by atoms with E-state index >= 15 is 0 Å². The molecule has 0 fully saturated rings. The van der Waals surface area contributed by atoms with Crippen LogP contribution in [-0.4, -0.2) is 46.1 Å². The van der Waals surface area contributed by atoms with Crippen LogP contribution in [-0.2, 0) is 4.84 Å². The highest BCUT2D eigenvalue weighted by atomic mass is 19.1. The van der Waals surface area contributed by atoms with Gasteiger partial charge in [-0.15, -0.1) is 0 Å². The van der Waals surface area contributed by atoms with Gasteiger partial charge in [0.2, 0.25) is 5.95 Å². The highest BCUT2D eigenvalue weighted by molar-refractivity contribution is 5.89. The molecule has 1 atom stereocenters. The van der Waals surface area contributed by atoms with Crippen LogP contribution in [0.15, 0.2) is 35.7 Å². The molecule has 1 aliphatic heterocycles. The van der Waals surface area contributed by atoms with Crippen LogP contribution in [0.25, 0.3) is 11.3 Å². The average molecular weight is 360 g/mol. The Hall–Kier alpha value is -3.23. The Morgan fingerprint density at radius 1 is 1.42 bits per heavy atom. The van der Waals surface area contributed by atoms with Gasteiger partial charge in [0, 0.05) is 24.4 Å². The summed E-state index contributed by atoms with van der Waals surface area (Å²) in [6.45, 7) is 2.22. The van der Waals surface area contributed by atoms with Crippen LogP contribution < -0.4 is 10.1 Å². The first-order valence-corrected chi connectivity index (χ1v) is 7.91. The molecule has 8 nitrogen and oxygen atoms in total. The van der Waals surface area contributed by atoms with E-state index in [9.17, 15) is 9.18 Å². The first kappa shape index (κ1) is 17.6. The number of carbonyl (C=O) groups is 1. The first-order valence-electron chi connectivity index (χ1n) is 7.91. The second-order valence-electron chi connectivity index (χ2n) is 5.79. The normalized spacial score (nSPS) is 15.9. The fraction of sp³-hybridized carbons (Fsp3) is 0.294. The summed E-state index contributed by atoms with van der Waals surface area (Å²) in [7, 11) is 0. The SMILES string of the molecule is Cc1cnc(-c2ccc(F)nc2)c(OCC2CC(CNC(=O)O)=NO2)c1. The quantitative estimate of drug-likeness (QED) is 0.766. The van der Waals surface area contributed by atoms with Crippen molar-refractivity contribution >= 4 is 11.8 Å². The highest BCUT2D eigenvalue weighted by Crippen LogP contribution is 2.28. The molecule has 2 aromatic heterocycles. The van der Waals surface area contributed by atoms with Crippen LogP contribution >= 0.6 is 0 Å². The molecule has 26 heavy (non-hydrogen) atoms. The van der Waals surface area contributed by atoms with Gasteiger partial charge < -0.3 is 20.0 Å². The molecule has 136 valence electrons. The Kier molecular flexibility index (Phi) is 5.26. The number of hydrogen-bond donors (Lipinski definition) is 2. The van der Waals surface area contributed by atoms with E-state index in [2.05, 4.69) is 20.4 Å². The number of ether oxygens (including phenoxy) is 1. The molecule has 3 rings (SSSR count). The molecule has 1 unspecified atom stereocenters. The summed E-state index contributed by atoms with van der Waals surface area (Å²) in [5.74, 6) is -0.0403. The number of oxime groups is 1. The van der Waals surface area contributed by atoms with E-state index in [4.69, 9.17) is 14.7 Å². The number of aromatic nitrogens is 2. The lowest BCUT2D eigenvalue weighted by molar-refractivity contribution is 0.0471. The van der Waals surface area contributed by atoms with Crippen LogP contribution in [0.3, 0.4) is 0 Å². The van der Waals surface area contributed by atoms with Gasteiger partial charge in [0.25, 0.3) is 0 Å². The number of pyridine rings is 2.